The van der Waals surface area contributed by atoms with Gasteiger partial charge in [0.25, 0.3) is 10.0 Å². The molecule has 4 nitrogen and oxygen atoms in total. The van der Waals surface area contributed by atoms with Crippen LogP contribution >= 0.6 is 0 Å². The lowest BCUT2D eigenvalue weighted by atomic mass is 10.0. The van der Waals surface area contributed by atoms with E-state index in [1.54, 1.807) is 12.1 Å². The Morgan fingerprint density at radius 2 is 1.73 bits per heavy atom. The number of nitrogens with one attached hydrogen (secondary N) is 1. The van der Waals surface area contributed by atoms with Crippen LogP contribution in [0.4, 0.5) is 10.1 Å². The van der Waals surface area contributed by atoms with E-state index >= 15 is 0 Å². The van der Waals surface area contributed by atoms with Gasteiger partial charge in [-0.3, -0.25) is 4.72 Å². The minimum absolute atomic E-state index is 0.0905. The highest BCUT2D eigenvalue weighted by molar-refractivity contribution is 7.92. The van der Waals surface area contributed by atoms with Gasteiger partial charge in [0.15, 0.2) is 0 Å². The third kappa shape index (κ3) is 3.57. The Bertz CT molecular complexity index is 755. The first-order chi connectivity index (χ1) is 10.3. The monoisotopic (exact) mass is 323 g/mol. The van der Waals surface area contributed by atoms with E-state index in [2.05, 4.69) is 18.6 Å². The number of ether oxygens (including phenoxy) is 1. The molecule has 0 radical (unpaired) electrons. The first-order valence-electron chi connectivity index (χ1n) is 6.80. The highest BCUT2D eigenvalue weighted by atomic mass is 32.2. The second-order valence-electron chi connectivity index (χ2n) is 5.18. The summed E-state index contributed by atoms with van der Waals surface area (Å²) in [4.78, 5) is -0.233. The third-order valence-electron chi connectivity index (χ3n) is 3.24. The summed E-state index contributed by atoms with van der Waals surface area (Å²) < 4.78 is 45.6. The van der Waals surface area contributed by atoms with E-state index in [0.29, 0.717) is 11.6 Å². The Morgan fingerprint density at radius 1 is 1.09 bits per heavy atom. The van der Waals surface area contributed by atoms with E-state index in [4.69, 9.17) is 4.74 Å². The SMILES string of the molecule is COc1ccc(F)cc1S(=O)(=O)Nc1ccc(C(C)C)cc1. The van der Waals surface area contributed by atoms with Gasteiger partial charge in [0.05, 0.1) is 7.11 Å². The largest absolute Gasteiger partial charge is 0.495 e. The highest BCUT2D eigenvalue weighted by Crippen LogP contribution is 2.27. The molecular weight excluding hydrogens is 305 g/mol. The molecule has 22 heavy (non-hydrogen) atoms. The van der Waals surface area contributed by atoms with Gasteiger partial charge in [-0.2, -0.15) is 0 Å². The van der Waals surface area contributed by atoms with Crippen LogP contribution in [0.3, 0.4) is 0 Å². The van der Waals surface area contributed by atoms with Crippen molar-refractivity contribution >= 4 is 15.7 Å². The van der Waals surface area contributed by atoms with Gasteiger partial charge in [0.1, 0.15) is 16.5 Å². The number of hydrogen-bond donors (Lipinski definition) is 1. The number of benzene rings is 2. The first-order valence-corrected chi connectivity index (χ1v) is 8.28. The fraction of sp³-hybridized carbons (Fsp3) is 0.250. The van der Waals surface area contributed by atoms with Crippen LogP contribution in [0.2, 0.25) is 0 Å². The average Bonchev–Trinajstić information content (AvgIpc) is 2.47. The van der Waals surface area contributed by atoms with Crippen LogP contribution in [-0.2, 0) is 10.0 Å². The van der Waals surface area contributed by atoms with Crippen LogP contribution in [0.25, 0.3) is 0 Å². The minimum atomic E-state index is -3.93. The summed E-state index contributed by atoms with van der Waals surface area (Å²) in [7, 11) is -2.59. The van der Waals surface area contributed by atoms with Crippen molar-refractivity contribution in [1.82, 2.24) is 0 Å². The van der Waals surface area contributed by atoms with E-state index in [1.165, 1.54) is 13.2 Å². The van der Waals surface area contributed by atoms with E-state index in [9.17, 15) is 12.8 Å². The summed E-state index contributed by atoms with van der Waals surface area (Å²) in [5.41, 5.74) is 1.52. The molecule has 0 unspecified atom stereocenters. The van der Waals surface area contributed by atoms with Crippen molar-refractivity contribution in [3.8, 4) is 5.75 Å². The Labute approximate surface area is 130 Å². The Hall–Kier alpha value is -2.08. The number of sulfonamides is 1. The molecule has 2 rings (SSSR count). The van der Waals surface area contributed by atoms with Crippen LogP contribution in [0.5, 0.6) is 5.75 Å². The number of anilines is 1. The molecule has 0 heterocycles. The van der Waals surface area contributed by atoms with Gasteiger partial charge in [0, 0.05) is 5.69 Å². The quantitative estimate of drug-likeness (QED) is 0.911. The highest BCUT2D eigenvalue weighted by Gasteiger charge is 2.20. The molecule has 0 saturated heterocycles. The number of hydrogen-bond acceptors (Lipinski definition) is 3. The topological polar surface area (TPSA) is 55.4 Å². The molecular formula is C16H18FNO3S. The lowest BCUT2D eigenvalue weighted by molar-refractivity contribution is 0.401. The maximum atomic E-state index is 13.3. The van der Waals surface area contributed by atoms with Crippen LogP contribution in [0.15, 0.2) is 47.4 Å². The van der Waals surface area contributed by atoms with Gasteiger partial charge in [-0.25, -0.2) is 12.8 Å². The smallest absolute Gasteiger partial charge is 0.265 e. The summed E-state index contributed by atoms with van der Waals surface area (Å²) in [6.45, 7) is 4.10. The van der Waals surface area contributed by atoms with Crippen molar-refractivity contribution in [3.63, 3.8) is 0 Å². The summed E-state index contributed by atoms with van der Waals surface area (Å²) in [5, 5.41) is 0. The molecule has 1 N–H and O–H groups in total. The zero-order valence-corrected chi connectivity index (χ0v) is 13.4. The normalized spacial score (nSPS) is 11.5. The zero-order chi connectivity index (χ0) is 16.3. The van der Waals surface area contributed by atoms with Gasteiger partial charge in [0.2, 0.25) is 0 Å². The predicted octanol–water partition coefficient (Wildman–Crippen LogP) is 3.76. The van der Waals surface area contributed by atoms with E-state index < -0.39 is 15.8 Å². The van der Waals surface area contributed by atoms with Crippen molar-refractivity contribution in [1.29, 1.82) is 0 Å². The second kappa shape index (κ2) is 6.36. The summed E-state index contributed by atoms with van der Waals surface area (Å²) >= 11 is 0. The lowest BCUT2D eigenvalue weighted by Gasteiger charge is -2.12. The summed E-state index contributed by atoms with van der Waals surface area (Å²) in [6.07, 6.45) is 0. The van der Waals surface area contributed by atoms with E-state index in [-0.39, 0.29) is 10.6 Å². The Kier molecular flexibility index (Phi) is 4.71. The fourth-order valence-corrected chi connectivity index (χ4v) is 3.25. The van der Waals surface area contributed by atoms with Gasteiger partial charge in [-0.1, -0.05) is 26.0 Å². The summed E-state index contributed by atoms with van der Waals surface area (Å²) in [5.74, 6) is -0.196. The minimum Gasteiger partial charge on any atom is -0.495 e. The molecule has 0 aliphatic heterocycles. The maximum Gasteiger partial charge on any atom is 0.265 e. The predicted molar refractivity (Wildman–Crippen MR) is 84.3 cm³/mol. The molecule has 0 amide bonds. The molecule has 0 atom stereocenters. The molecule has 0 aromatic heterocycles. The first kappa shape index (κ1) is 16.3. The van der Waals surface area contributed by atoms with Gasteiger partial charge >= 0.3 is 0 Å². The van der Waals surface area contributed by atoms with Crippen molar-refractivity contribution in [3.05, 3.63) is 53.8 Å². The number of methoxy groups -OCH3 is 1. The Balaban J connectivity index is 2.33. The van der Waals surface area contributed by atoms with Crippen molar-refractivity contribution < 1.29 is 17.5 Å². The van der Waals surface area contributed by atoms with Gasteiger partial charge in [-0.15, -0.1) is 0 Å². The second-order valence-corrected chi connectivity index (χ2v) is 6.83. The summed E-state index contributed by atoms with van der Waals surface area (Å²) in [6, 6.07) is 10.4. The molecule has 0 aliphatic carbocycles. The van der Waals surface area contributed by atoms with Gasteiger partial charge in [-0.05, 0) is 41.8 Å². The molecule has 0 spiro atoms. The van der Waals surface area contributed by atoms with Crippen LogP contribution in [0, 0.1) is 5.82 Å². The molecule has 2 aromatic carbocycles. The van der Waals surface area contributed by atoms with Crippen molar-refractivity contribution in [2.75, 3.05) is 11.8 Å². The number of halogens is 1. The third-order valence-corrected chi connectivity index (χ3v) is 4.65. The van der Waals surface area contributed by atoms with Crippen LogP contribution in [0.1, 0.15) is 25.3 Å². The molecule has 0 fully saturated rings. The molecule has 0 bridgehead atoms. The number of rotatable bonds is 5. The zero-order valence-electron chi connectivity index (χ0n) is 12.6. The molecule has 0 saturated carbocycles. The van der Waals surface area contributed by atoms with Crippen LogP contribution < -0.4 is 9.46 Å². The van der Waals surface area contributed by atoms with E-state index in [1.807, 2.05) is 12.1 Å². The molecule has 6 heteroatoms. The van der Waals surface area contributed by atoms with Crippen LogP contribution in [-0.4, -0.2) is 15.5 Å². The average molecular weight is 323 g/mol. The lowest BCUT2D eigenvalue weighted by Crippen LogP contribution is -2.14. The molecule has 0 aliphatic rings. The molecule has 2 aromatic rings. The van der Waals surface area contributed by atoms with E-state index in [0.717, 1.165) is 17.7 Å². The fourth-order valence-electron chi connectivity index (χ4n) is 2.01. The Morgan fingerprint density at radius 3 is 2.27 bits per heavy atom. The van der Waals surface area contributed by atoms with Crippen molar-refractivity contribution in [2.24, 2.45) is 0 Å². The van der Waals surface area contributed by atoms with Gasteiger partial charge < -0.3 is 4.74 Å². The van der Waals surface area contributed by atoms with Crippen molar-refractivity contribution in [2.45, 2.75) is 24.7 Å². The standard InChI is InChI=1S/C16H18FNO3S/c1-11(2)12-4-7-14(8-5-12)18-22(19,20)16-10-13(17)6-9-15(16)21-3/h4-11,18H,1-3H3. The molecule has 118 valence electrons. The maximum absolute atomic E-state index is 13.3.